The summed E-state index contributed by atoms with van der Waals surface area (Å²) in [5.41, 5.74) is -0.879. The summed E-state index contributed by atoms with van der Waals surface area (Å²) in [5, 5.41) is 5.21. The van der Waals surface area contributed by atoms with Crippen LogP contribution in [0, 0.1) is 11.2 Å². The second-order valence-corrected chi connectivity index (χ2v) is 8.35. The third-order valence-corrected chi connectivity index (χ3v) is 6.04. The average molecular weight is 340 g/mol. The molecule has 0 aromatic heterocycles. The van der Waals surface area contributed by atoms with Gasteiger partial charge in [0, 0.05) is 11.7 Å². The largest absolute Gasteiger partial charge is 0.351 e. The van der Waals surface area contributed by atoms with Crippen molar-refractivity contribution in [2.24, 2.45) is 5.41 Å². The molecule has 2 fully saturated rings. The number of halogens is 1. The number of hydrogen-bond donors (Lipinski definition) is 2. The first kappa shape index (κ1) is 15.9. The zero-order chi connectivity index (χ0) is 16.7. The van der Waals surface area contributed by atoms with Gasteiger partial charge >= 0.3 is 0 Å². The number of rotatable bonds is 4. The van der Waals surface area contributed by atoms with Gasteiger partial charge in [0.1, 0.15) is 11.2 Å². The molecule has 124 valence electrons. The van der Waals surface area contributed by atoms with Gasteiger partial charge in [-0.3, -0.25) is 9.59 Å². The van der Waals surface area contributed by atoms with Gasteiger partial charge in [0.15, 0.2) is 9.84 Å². The van der Waals surface area contributed by atoms with Crippen molar-refractivity contribution in [3.8, 4) is 0 Å². The lowest BCUT2D eigenvalue weighted by molar-refractivity contribution is -0.134. The van der Waals surface area contributed by atoms with E-state index in [9.17, 15) is 22.4 Å². The Kier molecular flexibility index (Phi) is 3.87. The summed E-state index contributed by atoms with van der Waals surface area (Å²) in [6.07, 6.45) is 1.18. The number of amides is 2. The van der Waals surface area contributed by atoms with Gasteiger partial charge in [-0.1, -0.05) is 6.07 Å². The first-order chi connectivity index (χ1) is 10.8. The van der Waals surface area contributed by atoms with Gasteiger partial charge in [-0.05, 0) is 37.5 Å². The summed E-state index contributed by atoms with van der Waals surface area (Å²) >= 11 is 0. The van der Waals surface area contributed by atoms with E-state index in [4.69, 9.17) is 0 Å². The quantitative estimate of drug-likeness (QED) is 0.795. The highest BCUT2D eigenvalue weighted by molar-refractivity contribution is 7.91. The smallest absolute Gasteiger partial charge is 0.240 e. The molecule has 23 heavy (non-hydrogen) atoms. The molecule has 1 saturated carbocycles. The minimum absolute atomic E-state index is 0.0560. The van der Waals surface area contributed by atoms with Gasteiger partial charge in [-0.15, -0.1) is 0 Å². The summed E-state index contributed by atoms with van der Waals surface area (Å²) in [6, 6.07) is 5.00. The Hall–Kier alpha value is -1.96. The van der Waals surface area contributed by atoms with Gasteiger partial charge in [0.2, 0.25) is 11.8 Å². The maximum atomic E-state index is 13.1. The molecule has 8 heteroatoms. The van der Waals surface area contributed by atoms with Crippen molar-refractivity contribution in [3.05, 3.63) is 30.1 Å². The highest BCUT2D eigenvalue weighted by Crippen LogP contribution is 2.47. The third kappa shape index (κ3) is 3.36. The van der Waals surface area contributed by atoms with E-state index >= 15 is 0 Å². The van der Waals surface area contributed by atoms with E-state index in [-0.39, 0.29) is 17.2 Å². The summed E-state index contributed by atoms with van der Waals surface area (Å²) in [6.45, 7) is 0. The summed E-state index contributed by atoms with van der Waals surface area (Å²) in [7, 11) is -3.10. The van der Waals surface area contributed by atoms with E-state index in [1.807, 2.05) is 0 Å². The second kappa shape index (κ2) is 5.59. The predicted octanol–water partition coefficient (Wildman–Crippen LogP) is 0.848. The SMILES string of the molecule is O=C(Nc1cccc(F)c1)C1(C(=O)NC2CCS(=O)(=O)C2)CC1. The van der Waals surface area contributed by atoms with Crippen LogP contribution in [-0.4, -0.2) is 37.8 Å². The second-order valence-electron chi connectivity index (χ2n) is 6.12. The number of nitrogens with one attached hydrogen (secondary N) is 2. The Balaban J connectivity index is 1.64. The van der Waals surface area contributed by atoms with Gasteiger partial charge in [-0.2, -0.15) is 0 Å². The van der Waals surface area contributed by atoms with Gasteiger partial charge in [0.05, 0.1) is 11.5 Å². The summed E-state index contributed by atoms with van der Waals surface area (Å²) in [5.74, 6) is -1.44. The maximum absolute atomic E-state index is 13.1. The molecule has 1 aromatic rings. The minimum atomic E-state index is -3.10. The molecule has 2 amide bonds. The monoisotopic (exact) mass is 340 g/mol. The molecule has 1 saturated heterocycles. The molecular formula is C15H17FN2O4S. The topological polar surface area (TPSA) is 92.3 Å². The lowest BCUT2D eigenvalue weighted by atomic mass is 10.0. The Morgan fingerprint density at radius 2 is 1.96 bits per heavy atom. The minimum Gasteiger partial charge on any atom is -0.351 e. The number of carbonyl (C=O) groups excluding carboxylic acids is 2. The molecule has 1 atom stereocenters. The highest BCUT2D eigenvalue weighted by atomic mass is 32.2. The normalized spacial score (nSPS) is 24.0. The van der Waals surface area contributed by atoms with E-state index < -0.39 is 38.9 Å². The summed E-state index contributed by atoms with van der Waals surface area (Å²) in [4.78, 5) is 24.7. The molecule has 0 bridgehead atoms. The van der Waals surface area contributed by atoms with Crippen LogP contribution < -0.4 is 10.6 Å². The van der Waals surface area contributed by atoms with Crippen molar-refractivity contribution in [2.45, 2.75) is 25.3 Å². The molecule has 1 heterocycles. The van der Waals surface area contributed by atoms with Crippen LogP contribution in [0.15, 0.2) is 24.3 Å². The van der Waals surface area contributed by atoms with Crippen molar-refractivity contribution in [2.75, 3.05) is 16.8 Å². The fourth-order valence-corrected chi connectivity index (χ4v) is 4.40. The van der Waals surface area contributed by atoms with Crippen LogP contribution in [0.25, 0.3) is 0 Å². The first-order valence-corrected chi connectivity index (χ1v) is 9.21. The van der Waals surface area contributed by atoms with Crippen LogP contribution in [0.5, 0.6) is 0 Å². The Labute approximate surface area is 133 Å². The van der Waals surface area contributed by atoms with Gasteiger partial charge in [0.25, 0.3) is 0 Å². The fraction of sp³-hybridized carbons (Fsp3) is 0.467. The molecule has 1 unspecified atom stereocenters. The third-order valence-electron chi connectivity index (χ3n) is 4.27. The molecule has 0 spiro atoms. The van der Waals surface area contributed by atoms with Crippen LogP contribution >= 0.6 is 0 Å². The standard InChI is InChI=1S/C15H17FN2O4S/c16-10-2-1-3-11(8-10)17-13(19)15(5-6-15)14(20)18-12-4-7-23(21,22)9-12/h1-3,8,12H,4-7,9H2,(H,17,19)(H,18,20). The molecule has 1 aromatic carbocycles. The van der Waals surface area contributed by atoms with Gasteiger partial charge < -0.3 is 10.6 Å². The molecule has 2 N–H and O–H groups in total. The fourth-order valence-electron chi connectivity index (χ4n) is 2.73. The molecular weight excluding hydrogens is 323 g/mol. The predicted molar refractivity (Wildman–Crippen MR) is 81.9 cm³/mol. The van der Waals surface area contributed by atoms with Crippen molar-refractivity contribution < 1.29 is 22.4 Å². The van der Waals surface area contributed by atoms with Crippen LogP contribution in [0.2, 0.25) is 0 Å². The maximum Gasteiger partial charge on any atom is 0.240 e. The van der Waals surface area contributed by atoms with E-state index in [1.54, 1.807) is 6.07 Å². The van der Waals surface area contributed by atoms with Crippen molar-refractivity contribution in [1.82, 2.24) is 5.32 Å². The van der Waals surface area contributed by atoms with Crippen LogP contribution in [0.4, 0.5) is 10.1 Å². The molecule has 2 aliphatic rings. The average Bonchev–Trinajstić information content (AvgIpc) is 3.20. The zero-order valence-corrected chi connectivity index (χ0v) is 13.2. The number of benzene rings is 1. The van der Waals surface area contributed by atoms with Crippen molar-refractivity contribution in [1.29, 1.82) is 0 Å². The molecule has 1 aliphatic carbocycles. The van der Waals surface area contributed by atoms with Crippen molar-refractivity contribution >= 4 is 27.3 Å². The van der Waals surface area contributed by atoms with E-state index in [1.165, 1.54) is 18.2 Å². The van der Waals surface area contributed by atoms with E-state index in [0.717, 1.165) is 0 Å². The first-order valence-electron chi connectivity index (χ1n) is 7.39. The molecule has 6 nitrogen and oxygen atoms in total. The molecule has 0 radical (unpaired) electrons. The zero-order valence-electron chi connectivity index (χ0n) is 12.3. The van der Waals surface area contributed by atoms with Crippen LogP contribution in [0.3, 0.4) is 0 Å². The lowest BCUT2D eigenvalue weighted by Gasteiger charge is -2.18. The number of sulfone groups is 1. The molecule has 3 rings (SSSR count). The van der Waals surface area contributed by atoms with Crippen LogP contribution in [-0.2, 0) is 19.4 Å². The Bertz CT molecular complexity index is 758. The number of anilines is 1. The Morgan fingerprint density at radius 1 is 1.22 bits per heavy atom. The Morgan fingerprint density at radius 3 is 2.52 bits per heavy atom. The van der Waals surface area contributed by atoms with E-state index in [2.05, 4.69) is 10.6 Å². The lowest BCUT2D eigenvalue weighted by Crippen LogP contribution is -2.45. The van der Waals surface area contributed by atoms with Crippen molar-refractivity contribution in [3.63, 3.8) is 0 Å². The number of hydrogen-bond acceptors (Lipinski definition) is 4. The van der Waals surface area contributed by atoms with E-state index in [0.29, 0.717) is 19.3 Å². The molecule has 1 aliphatic heterocycles. The summed E-state index contributed by atoms with van der Waals surface area (Å²) < 4.78 is 36.0. The van der Waals surface area contributed by atoms with Gasteiger partial charge in [-0.25, -0.2) is 12.8 Å². The van der Waals surface area contributed by atoms with Crippen LogP contribution in [0.1, 0.15) is 19.3 Å². The highest BCUT2D eigenvalue weighted by Gasteiger charge is 2.57. The number of carbonyl (C=O) groups is 2.